The van der Waals surface area contributed by atoms with E-state index < -0.39 is 0 Å². The van der Waals surface area contributed by atoms with Crippen molar-refractivity contribution in [3.63, 3.8) is 0 Å². The van der Waals surface area contributed by atoms with E-state index in [1.165, 1.54) is 0 Å². The van der Waals surface area contributed by atoms with Gasteiger partial charge in [-0.1, -0.05) is 26.5 Å². The van der Waals surface area contributed by atoms with Gasteiger partial charge in [0.05, 0.1) is 5.56 Å². The van der Waals surface area contributed by atoms with Crippen molar-refractivity contribution in [3.05, 3.63) is 34.1 Å². The van der Waals surface area contributed by atoms with Gasteiger partial charge in [-0.25, -0.2) is 0 Å². The van der Waals surface area contributed by atoms with Crippen molar-refractivity contribution < 1.29 is 0 Å². The smallest absolute Gasteiger partial charge is 0.191 e. The molecule has 0 bridgehead atoms. The van der Waals surface area contributed by atoms with E-state index >= 15 is 0 Å². The molecular weight excluding hydrogens is 188 g/mol. The molecule has 0 atom stereocenters. The second-order valence-corrected chi connectivity index (χ2v) is 4.10. The maximum absolute atomic E-state index is 11.8. The highest BCUT2D eigenvalue weighted by Crippen LogP contribution is 2.17. The quantitative estimate of drug-likeness (QED) is 0.823. The Bertz CT molecular complexity index is 416. The van der Waals surface area contributed by atoms with Crippen LogP contribution in [0, 0.1) is 0 Å². The van der Waals surface area contributed by atoms with E-state index in [0.29, 0.717) is 11.5 Å². The number of nitrogens with one attached hydrogen (secondary N) is 1. The summed E-state index contributed by atoms with van der Waals surface area (Å²) >= 11 is 0. The lowest BCUT2D eigenvalue weighted by Crippen LogP contribution is -2.19. The van der Waals surface area contributed by atoms with Crippen LogP contribution in [-0.2, 0) is 0 Å². The van der Waals surface area contributed by atoms with E-state index in [9.17, 15) is 4.79 Å². The van der Waals surface area contributed by atoms with E-state index in [2.05, 4.69) is 25.4 Å². The molecule has 0 radical (unpaired) electrons. The summed E-state index contributed by atoms with van der Waals surface area (Å²) in [6, 6.07) is 1.65. The van der Waals surface area contributed by atoms with Crippen molar-refractivity contribution in [1.82, 2.24) is 4.98 Å². The van der Waals surface area contributed by atoms with Gasteiger partial charge in [0.25, 0.3) is 0 Å². The minimum atomic E-state index is 0.0242. The Balaban J connectivity index is 3.45. The molecule has 0 aromatic carbocycles. The largest absolute Gasteiger partial charge is 0.364 e. The summed E-state index contributed by atoms with van der Waals surface area (Å²) in [7, 11) is 3.81. The molecule has 0 saturated carbocycles. The van der Waals surface area contributed by atoms with Gasteiger partial charge in [0.15, 0.2) is 5.43 Å². The summed E-state index contributed by atoms with van der Waals surface area (Å²) in [4.78, 5) is 16.9. The number of H-pyrrole nitrogens is 1. The summed E-state index contributed by atoms with van der Waals surface area (Å²) in [6.45, 7) is 7.77. The van der Waals surface area contributed by atoms with Gasteiger partial charge in [-0.15, -0.1) is 0 Å². The summed E-state index contributed by atoms with van der Waals surface area (Å²) < 4.78 is 0. The molecule has 15 heavy (non-hydrogen) atoms. The summed E-state index contributed by atoms with van der Waals surface area (Å²) in [6.07, 6.45) is 1.60. The van der Waals surface area contributed by atoms with Gasteiger partial charge in [0, 0.05) is 25.9 Å². The Kier molecular flexibility index (Phi) is 3.35. The molecule has 0 spiro atoms. The molecule has 1 N–H and O–H groups in total. The predicted octanol–water partition coefficient (Wildman–Crippen LogP) is 2.21. The van der Waals surface area contributed by atoms with E-state index in [1.807, 2.05) is 19.0 Å². The van der Waals surface area contributed by atoms with Crippen LogP contribution in [0.25, 0.3) is 6.08 Å². The zero-order chi connectivity index (χ0) is 11.6. The molecule has 3 heteroatoms. The van der Waals surface area contributed by atoms with Crippen LogP contribution in [0.4, 0.5) is 5.82 Å². The fourth-order valence-electron chi connectivity index (χ4n) is 1.44. The fourth-order valence-corrected chi connectivity index (χ4v) is 1.44. The number of rotatable bonds is 3. The third-order valence-corrected chi connectivity index (χ3v) is 2.34. The van der Waals surface area contributed by atoms with Crippen LogP contribution in [0.3, 0.4) is 0 Å². The molecule has 1 rings (SSSR count). The van der Waals surface area contributed by atoms with Crippen molar-refractivity contribution in [2.24, 2.45) is 0 Å². The van der Waals surface area contributed by atoms with Gasteiger partial charge < -0.3 is 9.88 Å². The van der Waals surface area contributed by atoms with Crippen LogP contribution in [-0.4, -0.2) is 19.1 Å². The van der Waals surface area contributed by atoms with Crippen molar-refractivity contribution in [2.75, 3.05) is 19.0 Å². The molecule has 0 aliphatic rings. The normalized spacial score (nSPS) is 10.5. The van der Waals surface area contributed by atoms with E-state index in [1.54, 1.807) is 12.1 Å². The van der Waals surface area contributed by atoms with Crippen LogP contribution in [0.1, 0.15) is 31.0 Å². The highest BCUT2D eigenvalue weighted by Gasteiger charge is 2.10. The van der Waals surface area contributed by atoms with Gasteiger partial charge in [-0.2, -0.15) is 0 Å². The number of hydrogen-bond acceptors (Lipinski definition) is 2. The molecule has 1 aromatic rings. The Morgan fingerprint density at radius 3 is 2.47 bits per heavy atom. The third kappa shape index (κ3) is 2.29. The first kappa shape index (κ1) is 11.6. The first-order valence-corrected chi connectivity index (χ1v) is 5.04. The minimum absolute atomic E-state index is 0.0242. The fraction of sp³-hybridized carbons (Fsp3) is 0.417. The van der Waals surface area contributed by atoms with Crippen LogP contribution in [0.15, 0.2) is 17.4 Å². The average molecular weight is 206 g/mol. The van der Waals surface area contributed by atoms with Gasteiger partial charge >= 0.3 is 0 Å². The molecule has 82 valence electrons. The molecule has 0 amide bonds. The SMILES string of the molecule is C=Cc1c(N(C)C)[nH]c(C(C)C)cc1=O. The molecule has 0 saturated heterocycles. The Labute approximate surface area is 90.4 Å². The van der Waals surface area contributed by atoms with Gasteiger partial charge in [0.2, 0.25) is 0 Å². The predicted molar refractivity (Wildman–Crippen MR) is 65.6 cm³/mol. The summed E-state index contributed by atoms with van der Waals surface area (Å²) in [5.74, 6) is 1.14. The minimum Gasteiger partial charge on any atom is -0.364 e. The van der Waals surface area contributed by atoms with Crippen LogP contribution in [0.2, 0.25) is 0 Å². The lowest BCUT2D eigenvalue weighted by atomic mass is 10.1. The van der Waals surface area contributed by atoms with Gasteiger partial charge in [-0.05, 0) is 5.92 Å². The van der Waals surface area contributed by atoms with E-state index in [4.69, 9.17) is 0 Å². The summed E-state index contributed by atoms with van der Waals surface area (Å²) in [5, 5.41) is 0. The zero-order valence-electron chi connectivity index (χ0n) is 9.79. The van der Waals surface area contributed by atoms with E-state index in [0.717, 1.165) is 11.5 Å². The standard InChI is InChI=1S/C12H18N2O/c1-6-9-11(15)7-10(8(2)3)13-12(9)14(4)5/h6-8H,1H2,2-5H3,(H,13,15). The van der Waals surface area contributed by atoms with Crippen LogP contribution < -0.4 is 10.3 Å². The lowest BCUT2D eigenvalue weighted by molar-refractivity contribution is 0.815. The van der Waals surface area contributed by atoms with Crippen LogP contribution >= 0.6 is 0 Å². The lowest BCUT2D eigenvalue weighted by Gasteiger charge is -2.17. The number of hydrogen-bond donors (Lipinski definition) is 1. The average Bonchev–Trinajstić information content (AvgIpc) is 2.16. The van der Waals surface area contributed by atoms with Crippen molar-refractivity contribution in [1.29, 1.82) is 0 Å². The molecule has 3 nitrogen and oxygen atoms in total. The van der Waals surface area contributed by atoms with Crippen molar-refractivity contribution in [3.8, 4) is 0 Å². The highest BCUT2D eigenvalue weighted by molar-refractivity contribution is 5.62. The molecular formula is C12H18N2O. The molecule has 1 heterocycles. The van der Waals surface area contributed by atoms with Crippen molar-refractivity contribution >= 4 is 11.9 Å². The number of pyridine rings is 1. The van der Waals surface area contributed by atoms with Crippen molar-refractivity contribution in [2.45, 2.75) is 19.8 Å². The topological polar surface area (TPSA) is 36.1 Å². The second kappa shape index (κ2) is 4.34. The monoisotopic (exact) mass is 206 g/mol. The molecule has 0 aliphatic carbocycles. The Hall–Kier alpha value is -1.51. The Morgan fingerprint density at radius 1 is 1.47 bits per heavy atom. The first-order chi connectivity index (χ1) is 6.97. The zero-order valence-corrected chi connectivity index (χ0v) is 9.79. The van der Waals surface area contributed by atoms with Gasteiger partial charge in [0.1, 0.15) is 5.82 Å². The second-order valence-electron chi connectivity index (χ2n) is 4.10. The molecule has 0 fully saturated rings. The molecule has 1 aromatic heterocycles. The van der Waals surface area contributed by atoms with Crippen LogP contribution in [0.5, 0.6) is 0 Å². The number of nitrogens with zero attached hydrogens (tertiary/aromatic N) is 1. The summed E-state index contributed by atoms with van der Waals surface area (Å²) in [5.41, 5.74) is 1.61. The number of anilines is 1. The van der Waals surface area contributed by atoms with E-state index in [-0.39, 0.29) is 5.43 Å². The third-order valence-electron chi connectivity index (χ3n) is 2.34. The maximum Gasteiger partial charge on any atom is 0.191 e. The number of aromatic amines is 1. The maximum atomic E-state index is 11.8. The Morgan fingerprint density at radius 2 is 2.07 bits per heavy atom. The first-order valence-electron chi connectivity index (χ1n) is 5.04. The molecule has 0 unspecified atom stereocenters. The molecule has 0 aliphatic heterocycles. The highest BCUT2D eigenvalue weighted by atomic mass is 16.1. The number of aromatic nitrogens is 1. The van der Waals surface area contributed by atoms with Gasteiger partial charge in [-0.3, -0.25) is 4.79 Å².